The first kappa shape index (κ1) is 16.6. The van der Waals surface area contributed by atoms with Crippen molar-refractivity contribution in [1.29, 1.82) is 0 Å². The van der Waals surface area contributed by atoms with Crippen LogP contribution >= 0.6 is 11.3 Å². The molecule has 0 saturated heterocycles. The minimum absolute atomic E-state index is 0.0919. The Bertz CT molecular complexity index is 969. The minimum atomic E-state index is -2.78. The van der Waals surface area contributed by atoms with E-state index in [1.165, 1.54) is 17.4 Å². The molecule has 0 spiro atoms. The van der Waals surface area contributed by atoms with Gasteiger partial charge in [-0.2, -0.15) is 13.9 Å². The van der Waals surface area contributed by atoms with Crippen molar-refractivity contribution in [2.45, 2.75) is 26.0 Å². The second-order valence-corrected chi connectivity index (χ2v) is 6.76. The second kappa shape index (κ2) is 6.49. The van der Waals surface area contributed by atoms with Crippen LogP contribution in [0.2, 0.25) is 0 Å². The third-order valence-electron chi connectivity index (χ3n) is 3.96. The van der Waals surface area contributed by atoms with E-state index < -0.39 is 12.5 Å². The Morgan fingerprint density at radius 1 is 1.42 bits per heavy atom. The lowest BCUT2D eigenvalue weighted by Crippen LogP contribution is -2.13. The smallest absolute Gasteiger partial charge is 0.333 e. The highest BCUT2D eigenvalue weighted by Gasteiger charge is 2.20. The largest absolute Gasteiger partial charge is 0.490 e. The van der Waals surface area contributed by atoms with Gasteiger partial charge in [-0.05, 0) is 36.8 Å². The number of hydrogen-bond donors (Lipinski definition) is 1. The lowest BCUT2D eigenvalue weighted by molar-refractivity contribution is 0.0561. The average Bonchev–Trinajstić information content (AvgIpc) is 3.32. The molecule has 0 radical (unpaired) electrons. The number of benzene rings is 1. The molecule has 3 heterocycles. The number of alkyl halides is 2. The summed E-state index contributed by atoms with van der Waals surface area (Å²) in [6, 6.07) is 7.10. The molecule has 9 heteroatoms. The zero-order chi connectivity index (χ0) is 18.3. The van der Waals surface area contributed by atoms with Crippen molar-refractivity contribution in [2.24, 2.45) is 0 Å². The first-order chi connectivity index (χ1) is 12.5. The summed E-state index contributed by atoms with van der Waals surface area (Å²) in [5, 5.41) is 8.32. The van der Waals surface area contributed by atoms with Gasteiger partial charge in [0.2, 0.25) is 0 Å². The van der Waals surface area contributed by atoms with E-state index in [1.54, 1.807) is 0 Å². The summed E-state index contributed by atoms with van der Waals surface area (Å²) in [5.74, 6) is 0.307. The standard InChI is InChI=1S/C17H14F2N4O2S/c1-9-6-11-7-10(2-3-14(11)25-9)13-8-26-17(20-13)21-15(24)12-4-5-23(22-12)16(18)19/h2-5,7-9,16H,6H2,1H3,(H,20,21,24). The lowest BCUT2D eigenvalue weighted by Gasteiger charge is -2.02. The molecule has 26 heavy (non-hydrogen) atoms. The number of carbonyl (C=O) groups excluding carboxylic acids is 1. The Morgan fingerprint density at radius 3 is 3.04 bits per heavy atom. The van der Waals surface area contributed by atoms with E-state index >= 15 is 0 Å². The van der Waals surface area contributed by atoms with Crippen molar-refractivity contribution < 1.29 is 18.3 Å². The molecule has 0 fully saturated rings. The van der Waals surface area contributed by atoms with Crippen molar-refractivity contribution >= 4 is 22.4 Å². The van der Waals surface area contributed by atoms with Crippen molar-refractivity contribution in [1.82, 2.24) is 14.8 Å². The van der Waals surface area contributed by atoms with E-state index in [4.69, 9.17) is 4.74 Å². The molecular weight excluding hydrogens is 362 g/mol. The fraction of sp³-hybridized carbons (Fsp3) is 0.235. The quantitative estimate of drug-likeness (QED) is 0.748. The summed E-state index contributed by atoms with van der Waals surface area (Å²) in [7, 11) is 0. The number of carbonyl (C=O) groups is 1. The summed E-state index contributed by atoms with van der Waals surface area (Å²) in [4.78, 5) is 16.5. The molecule has 1 aromatic carbocycles. The maximum absolute atomic E-state index is 12.5. The van der Waals surface area contributed by atoms with Gasteiger partial charge in [-0.1, -0.05) is 0 Å². The molecule has 4 rings (SSSR count). The summed E-state index contributed by atoms with van der Waals surface area (Å²) in [5.41, 5.74) is 2.70. The number of amides is 1. The molecule has 0 bridgehead atoms. The molecule has 3 aromatic rings. The zero-order valence-corrected chi connectivity index (χ0v) is 14.5. The van der Waals surface area contributed by atoms with Crippen LogP contribution in [-0.4, -0.2) is 26.8 Å². The van der Waals surface area contributed by atoms with Crippen LogP contribution in [-0.2, 0) is 6.42 Å². The molecule has 1 N–H and O–H groups in total. The number of hydrogen-bond acceptors (Lipinski definition) is 5. The summed E-state index contributed by atoms with van der Waals surface area (Å²) in [6.45, 7) is -0.763. The molecule has 0 aliphatic carbocycles. The minimum Gasteiger partial charge on any atom is -0.490 e. The predicted octanol–water partition coefficient (Wildman–Crippen LogP) is 3.98. The molecule has 1 aliphatic rings. The van der Waals surface area contributed by atoms with Gasteiger partial charge in [0, 0.05) is 23.6 Å². The fourth-order valence-corrected chi connectivity index (χ4v) is 3.49. The number of anilines is 1. The zero-order valence-electron chi connectivity index (χ0n) is 13.6. The Labute approximate surface area is 151 Å². The molecule has 0 saturated carbocycles. The number of fused-ring (bicyclic) bond motifs is 1. The van der Waals surface area contributed by atoms with E-state index in [1.807, 2.05) is 30.5 Å². The van der Waals surface area contributed by atoms with E-state index in [2.05, 4.69) is 15.4 Å². The summed E-state index contributed by atoms with van der Waals surface area (Å²) in [6.07, 6.45) is 2.07. The van der Waals surface area contributed by atoms with Gasteiger partial charge in [0.1, 0.15) is 11.9 Å². The Kier molecular flexibility index (Phi) is 4.15. The molecular formula is C17H14F2N4O2S. The van der Waals surface area contributed by atoms with Crippen LogP contribution in [0.1, 0.15) is 29.5 Å². The van der Waals surface area contributed by atoms with Crippen molar-refractivity contribution in [3.63, 3.8) is 0 Å². The van der Waals surface area contributed by atoms with Crippen LogP contribution < -0.4 is 10.1 Å². The van der Waals surface area contributed by atoms with Crippen LogP contribution in [0.4, 0.5) is 13.9 Å². The van der Waals surface area contributed by atoms with Gasteiger partial charge >= 0.3 is 6.55 Å². The van der Waals surface area contributed by atoms with Gasteiger partial charge < -0.3 is 4.74 Å². The highest BCUT2D eigenvalue weighted by molar-refractivity contribution is 7.14. The SMILES string of the molecule is CC1Cc2cc(-c3csc(NC(=O)c4ccn(C(F)F)n4)n3)ccc2O1. The molecule has 1 amide bonds. The van der Waals surface area contributed by atoms with Gasteiger partial charge in [-0.3, -0.25) is 10.1 Å². The Hall–Kier alpha value is -2.81. The van der Waals surface area contributed by atoms with Crippen molar-refractivity contribution in [2.75, 3.05) is 5.32 Å². The number of nitrogens with one attached hydrogen (secondary N) is 1. The third kappa shape index (κ3) is 3.17. The molecule has 6 nitrogen and oxygen atoms in total. The molecule has 1 atom stereocenters. The number of rotatable bonds is 4. The number of aromatic nitrogens is 3. The van der Waals surface area contributed by atoms with Crippen molar-refractivity contribution in [3.05, 3.63) is 47.1 Å². The number of thiazole rings is 1. The lowest BCUT2D eigenvalue weighted by atomic mass is 10.1. The maximum atomic E-state index is 12.5. The Morgan fingerprint density at radius 2 is 2.27 bits per heavy atom. The molecule has 134 valence electrons. The summed E-state index contributed by atoms with van der Waals surface area (Å²) < 4.78 is 31.2. The molecule has 1 unspecified atom stereocenters. The van der Waals surface area contributed by atoms with Crippen LogP contribution in [0.15, 0.2) is 35.8 Å². The van der Waals surface area contributed by atoms with Gasteiger partial charge in [-0.15, -0.1) is 11.3 Å². The van der Waals surface area contributed by atoms with Gasteiger partial charge in [0.15, 0.2) is 10.8 Å². The van der Waals surface area contributed by atoms with E-state index in [0.717, 1.165) is 35.2 Å². The van der Waals surface area contributed by atoms with Crippen molar-refractivity contribution in [3.8, 4) is 17.0 Å². The number of nitrogens with zero attached hydrogens (tertiary/aromatic N) is 3. The van der Waals surface area contributed by atoms with Crippen LogP contribution in [0.5, 0.6) is 5.75 Å². The molecule has 1 aliphatic heterocycles. The van der Waals surface area contributed by atoms with Gasteiger partial charge in [-0.25, -0.2) is 9.67 Å². The van der Waals surface area contributed by atoms with Crippen LogP contribution in [0.3, 0.4) is 0 Å². The highest BCUT2D eigenvalue weighted by atomic mass is 32.1. The van der Waals surface area contributed by atoms with E-state index in [9.17, 15) is 13.6 Å². The maximum Gasteiger partial charge on any atom is 0.333 e. The first-order valence-electron chi connectivity index (χ1n) is 7.90. The number of halogens is 2. The van der Waals surface area contributed by atoms with E-state index in [0.29, 0.717) is 9.81 Å². The van der Waals surface area contributed by atoms with Crippen LogP contribution in [0.25, 0.3) is 11.3 Å². The first-order valence-corrected chi connectivity index (χ1v) is 8.77. The predicted molar refractivity (Wildman–Crippen MR) is 92.8 cm³/mol. The Balaban J connectivity index is 1.49. The average molecular weight is 376 g/mol. The fourth-order valence-electron chi connectivity index (χ4n) is 2.77. The van der Waals surface area contributed by atoms with E-state index in [-0.39, 0.29) is 11.8 Å². The van der Waals surface area contributed by atoms with Gasteiger partial charge in [0.25, 0.3) is 5.91 Å². The van der Waals surface area contributed by atoms with Crippen LogP contribution in [0, 0.1) is 0 Å². The number of ether oxygens (including phenoxy) is 1. The topological polar surface area (TPSA) is 69.0 Å². The normalized spacial score (nSPS) is 15.8. The highest BCUT2D eigenvalue weighted by Crippen LogP contribution is 2.33. The molecule has 2 aromatic heterocycles. The third-order valence-corrected chi connectivity index (χ3v) is 4.72. The second-order valence-electron chi connectivity index (χ2n) is 5.91. The van der Waals surface area contributed by atoms with Gasteiger partial charge in [0.05, 0.1) is 5.69 Å². The summed E-state index contributed by atoms with van der Waals surface area (Å²) >= 11 is 1.26. The monoisotopic (exact) mass is 376 g/mol.